The zero-order chi connectivity index (χ0) is 11.4. The smallest absolute Gasteiger partial charge is 0.221 e. The fourth-order valence-electron chi connectivity index (χ4n) is 2.94. The molecule has 16 heavy (non-hydrogen) atoms. The summed E-state index contributed by atoms with van der Waals surface area (Å²) in [6.45, 7) is 2.09. The number of hydrogen-bond acceptors (Lipinski definition) is 3. The third-order valence-corrected chi connectivity index (χ3v) is 3.81. The lowest BCUT2D eigenvalue weighted by atomic mass is 9.97. The molecule has 0 saturated carbocycles. The minimum Gasteiger partial charge on any atom is -0.395 e. The molecule has 2 unspecified atom stereocenters. The number of carbonyl (C=O) groups is 1. The Balaban J connectivity index is 1.99. The number of carbonyl (C=O) groups excluding carboxylic acids is 1. The highest BCUT2D eigenvalue weighted by atomic mass is 16.3. The lowest BCUT2D eigenvalue weighted by Crippen LogP contribution is -2.48. The summed E-state index contributed by atoms with van der Waals surface area (Å²) in [7, 11) is 0. The van der Waals surface area contributed by atoms with Crippen LogP contribution in [0.25, 0.3) is 0 Å². The van der Waals surface area contributed by atoms with Crippen molar-refractivity contribution in [3.05, 3.63) is 0 Å². The van der Waals surface area contributed by atoms with Gasteiger partial charge in [0.25, 0.3) is 0 Å². The molecule has 0 aromatic carbocycles. The average Bonchev–Trinajstić information content (AvgIpc) is 2.54. The maximum absolute atomic E-state index is 11.5. The van der Waals surface area contributed by atoms with Gasteiger partial charge in [0.2, 0.25) is 5.91 Å². The molecule has 2 heterocycles. The molecule has 2 aliphatic rings. The first-order valence-corrected chi connectivity index (χ1v) is 6.44. The highest BCUT2D eigenvalue weighted by Gasteiger charge is 2.30. The lowest BCUT2D eigenvalue weighted by Gasteiger charge is -2.39. The summed E-state index contributed by atoms with van der Waals surface area (Å²) >= 11 is 0. The summed E-state index contributed by atoms with van der Waals surface area (Å²) in [5.74, 6) is 0.171. The molecule has 0 spiro atoms. The zero-order valence-electron chi connectivity index (χ0n) is 9.82. The molecule has 0 aliphatic carbocycles. The number of nitrogens with one attached hydrogen (secondary N) is 1. The summed E-state index contributed by atoms with van der Waals surface area (Å²) in [4.78, 5) is 13.9. The van der Waals surface area contributed by atoms with Gasteiger partial charge >= 0.3 is 0 Å². The monoisotopic (exact) mass is 226 g/mol. The predicted molar refractivity (Wildman–Crippen MR) is 62.1 cm³/mol. The summed E-state index contributed by atoms with van der Waals surface area (Å²) in [6.07, 6.45) is 6.24. The van der Waals surface area contributed by atoms with Crippen molar-refractivity contribution in [1.82, 2.24) is 10.2 Å². The van der Waals surface area contributed by atoms with E-state index in [1.54, 1.807) is 0 Å². The van der Waals surface area contributed by atoms with Gasteiger partial charge in [-0.1, -0.05) is 6.42 Å². The number of amides is 1. The van der Waals surface area contributed by atoms with Crippen molar-refractivity contribution in [2.24, 2.45) is 0 Å². The highest BCUT2D eigenvalue weighted by molar-refractivity contribution is 5.76. The van der Waals surface area contributed by atoms with Crippen LogP contribution in [0.3, 0.4) is 0 Å². The Kier molecular flexibility index (Phi) is 4.18. The van der Waals surface area contributed by atoms with E-state index in [1.165, 1.54) is 12.8 Å². The van der Waals surface area contributed by atoms with Gasteiger partial charge in [0.1, 0.15) is 0 Å². The molecule has 0 aromatic heterocycles. The predicted octanol–water partition coefficient (Wildman–Crippen LogP) is 0.502. The second kappa shape index (κ2) is 5.64. The van der Waals surface area contributed by atoms with E-state index in [9.17, 15) is 9.90 Å². The van der Waals surface area contributed by atoms with Crippen molar-refractivity contribution in [3.8, 4) is 0 Å². The Bertz CT molecular complexity index is 245. The van der Waals surface area contributed by atoms with Crippen LogP contribution in [0.15, 0.2) is 0 Å². The van der Waals surface area contributed by atoms with Crippen molar-refractivity contribution in [2.75, 3.05) is 19.7 Å². The van der Waals surface area contributed by atoms with Crippen LogP contribution in [0, 0.1) is 0 Å². The Hall–Kier alpha value is -0.610. The molecule has 2 fully saturated rings. The van der Waals surface area contributed by atoms with Gasteiger partial charge < -0.3 is 10.4 Å². The van der Waals surface area contributed by atoms with Crippen LogP contribution < -0.4 is 5.32 Å². The number of nitrogens with zero attached hydrogens (tertiary/aromatic N) is 1. The van der Waals surface area contributed by atoms with E-state index in [-0.39, 0.29) is 18.6 Å². The van der Waals surface area contributed by atoms with Gasteiger partial charge in [-0.3, -0.25) is 9.69 Å². The maximum Gasteiger partial charge on any atom is 0.221 e. The summed E-state index contributed by atoms with van der Waals surface area (Å²) in [5.41, 5.74) is 0. The molecule has 0 radical (unpaired) electrons. The second-order valence-electron chi connectivity index (χ2n) is 4.92. The third-order valence-electron chi connectivity index (χ3n) is 3.81. The summed E-state index contributed by atoms with van der Waals surface area (Å²) in [5, 5.41) is 12.3. The molecule has 2 aliphatic heterocycles. The normalized spacial score (nSPS) is 33.2. The van der Waals surface area contributed by atoms with Gasteiger partial charge in [0.05, 0.1) is 6.61 Å². The van der Waals surface area contributed by atoms with E-state index in [4.69, 9.17) is 0 Å². The molecule has 4 nitrogen and oxygen atoms in total. The molecule has 2 N–H and O–H groups in total. The number of aliphatic hydroxyl groups excluding tert-OH is 1. The maximum atomic E-state index is 11.5. The number of likely N-dealkylation sites (tertiary alicyclic amines) is 1. The van der Waals surface area contributed by atoms with E-state index in [2.05, 4.69) is 10.2 Å². The Morgan fingerprint density at radius 2 is 2.19 bits per heavy atom. The molecular weight excluding hydrogens is 204 g/mol. The van der Waals surface area contributed by atoms with Crippen molar-refractivity contribution in [1.29, 1.82) is 0 Å². The molecule has 0 bridgehead atoms. The topological polar surface area (TPSA) is 52.6 Å². The van der Waals surface area contributed by atoms with Gasteiger partial charge in [0.15, 0.2) is 0 Å². The molecule has 1 amide bonds. The number of hydrogen-bond donors (Lipinski definition) is 2. The first-order valence-electron chi connectivity index (χ1n) is 6.44. The number of aliphatic hydroxyl groups is 1. The third kappa shape index (κ3) is 2.74. The number of rotatable bonds is 2. The van der Waals surface area contributed by atoms with Crippen LogP contribution in [0.4, 0.5) is 0 Å². The van der Waals surface area contributed by atoms with Crippen molar-refractivity contribution < 1.29 is 9.90 Å². The van der Waals surface area contributed by atoms with Crippen LogP contribution in [0.1, 0.15) is 38.5 Å². The van der Waals surface area contributed by atoms with E-state index >= 15 is 0 Å². The Morgan fingerprint density at radius 3 is 3.00 bits per heavy atom. The van der Waals surface area contributed by atoms with E-state index in [1.807, 2.05) is 0 Å². The first-order chi connectivity index (χ1) is 7.81. The molecule has 2 rings (SSSR count). The van der Waals surface area contributed by atoms with Gasteiger partial charge in [-0.15, -0.1) is 0 Å². The van der Waals surface area contributed by atoms with Gasteiger partial charge in [-0.05, 0) is 32.2 Å². The molecule has 92 valence electrons. The molecule has 0 aromatic rings. The zero-order valence-corrected chi connectivity index (χ0v) is 9.82. The van der Waals surface area contributed by atoms with E-state index in [0.29, 0.717) is 12.5 Å². The quantitative estimate of drug-likeness (QED) is 0.721. The van der Waals surface area contributed by atoms with E-state index < -0.39 is 0 Å². The first kappa shape index (κ1) is 11.9. The largest absolute Gasteiger partial charge is 0.395 e. The minimum absolute atomic E-state index is 0.171. The van der Waals surface area contributed by atoms with Crippen LogP contribution >= 0.6 is 0 Å². The van der Waals surface area contributed by atoms with Crippen LogP contribution in [-0.4, -0.2) is 47.7 Å². The SMILES string of the molecule is O=C1CC(N2CCCCC2CO)CCCN1. The van der Waals surface area contributed by atoms with Crippen LogP contribution in [0.5, 0.6) is 0 Å². The molecule has 2 saturated heterocycles. The van der Waals surface area contributed by atoms with Gasteiger partial charge in [-0.25, -0.2) is 0 Å². The standard InChI is InChI=1S/C12H22N2O2/c15-9-11-4-1-2-7-14(11)10-5-3-6-13-12(16)8-10/h10-11,15H,1-9H2,(H,13,16). The van der Waals surface area contributed by atoms with Gasteiger partial charge in [0, 0.05) is 25.0 Å². The van der Waals surface area contributed by atoms with Crippen LogP contribution in [-0.2, 0) is 4.79 Å². The number of piperidine rings is 1. The molecular formula is C12H22N2O2. The van der Waals surface area contributed by atoms with E-state index in [0.717, 1.165) is 32.4 Å². The Labute approximate surface area is 97.0 Å². The van der Waals surface area contributed by atoms with Crippen LogP contribution in [0.2, 0.25) is 0 Å². The lowest BCUT2D eigenvalue weighted by molar-refractivity contribution is -0.122. The fourth-order valence-corrected chi connectivity index (χ4v) is 2.94. The second-order valence-corrected chi connectivity index (χ2v) is 4.92. The Morgan fingerprint density at radius 1 is 1.31 bits per heavy atom. The average molecular weight is 226 g/mol. The minimum atomic E-state index is 0.171. The molecule has 2 atom stereocenters. The summed E-state index contributed by atoms with van der Waals surface area (Å²) < 4.78 is 0. The van der Waals surface area contributed by atoms with Crippen molar-refractivity contribution >= 4 is 5.91 Å². The van der Waals surface area contributed by atoms with Crippen molar-refractivity contribution in [3.63, 3.8) is 0 Å². The van der Waals surface area contributed by atoms with Crippen molar-refractivity contribution in [2.45, 2.75) is 50.6 Å². The highest BCUT2D eigenvalue weighted by Crippen LogP contribution is 2.24. The summed E-state index contributed by atoms with van der Waals surface area (Å²) in [6, 6.07) is 0.629. The van der Waals surface area contributed by atoms with Gasteiger partial charge in [-0.2, -0.15) is 0 Å². The molecule has 4 heteroatoms. The fraction of sp³-hybridized carbons (Fsp3) is 0.917.